The third kappa shape index (κ3) is 8.90. The van der Waals surface area contributed by atoms with Gasteiger partial charge < -0.3 is 41.2 Å². The van der Waals surface area contributed by atoms with Crippen molar-refractivity contribution in [3.8, 4) is 5.75 Å². The van der Waals surface area contributed by atoms with E-state index >= 15 is 0 Å². The van der Waals surface area contributed by atoms with E-state index in [2.05, 4.69) is 45.2 Å². The van der Waals surface area contributed by atoms with Gasteiger partial charge in [-0.2, -0.15) is 5.10 Å². The Bertz CT molecular complexity index is 2020. The second kappa shape index (κ2) is 17.5. The molecule has 1 aliphatic heterocycles. The van der Waals surface area contributed by atoms with Crippen LogP contribution < -0.4 is 26.8 Å². The summed E-state index contributed by atoms with van der Waals surface area (Å²) in [5.74, 6) is -0.0223. The highest BCUT2D eigenvalue weighted by molar-refractivity contribution is 5.93. The number of carbonyl (C=O) groups is 1. The molecule has 0 spiro atoms. The smallest absolute Gasteiger partial charge is 0.319 e. The number of benzene rings is 2. The highest BCUT2D eigenvalue weighted by atomic mass is 16.5. The summed E-state index contributed by atoms with van der Waals surface area (Å²) in [4.78, 5) is 32.3. The molecule has 4 heterocycles. The van der Waals surface area contributed by atoms with E-state index in [9.17, 15) is 19.8 Å². The van der Waals surface area contributed by atoms with Crippen molar-refractivity contribution in [3.63, 3.8) is 0 Å². The first kappa shape index (κ1) is 36.8. The fourth-order valence-corrected chi connectivity index (χ4v) is 6.85. The number of ether oxygens (including phenoxy) is 1. The largest absolute Gasteiger partial charge is 0.506 e. The highest BCUT2D eigenvalue weighted by Crippen LogP contribution is 2.32. The fraction of sp³-hybridized carbons (Fsp3) is 0.436. The number of nitrogens with one attached hydrogen (secondary N) is 5. The number of nitrogens with zero attached hydrogens (tertiary/aromatic N) is 3. The summed E-state index contributed by atoms with van der Waals surface area (Å²) in [5, 5.41) is 40.1. The molecule has 1 atom stereocenters. The lowest BCUT2D eigenvalue weighted by Crippen LogP contribution is -2.31. The van der Waals surface area contributed by atoms with Crippen molar-refractivity contribution < 1.29 is 19.7 Å². The van der Waals surface area contributed by atoms with Crippen molar-refractivity contribution in [2.75, 3.05) is 36.9 Å². The number of hydrogen-bond donors (Lipinski definition) is 7. The molecule has 0 saturated carbocycles. The predicted molar refractivity (Wildman–Crippen MR) is 204 cm³/mol. The normalized spacial score (nSPS) is 14.1. The van der Waals surface area contributed by atoms with Crippen LogP contribution in [0.3, 0.4) is 0 Å². The number of amides is 2. The van der Waals surface area contributed by atoms with Crippen molar-refractivity contribution in [3.05, 3.63) is 87.5 Å². The molecular weight excluding hydrogens is 660 g/mol. The van der Waals surface area contributed by atoms with Crippen molar-refractivity contribution in [1.82, 2.24) is 30.4 Å². The Morgan fingerprint density at radius 1 is 1.04 bits per heavy atom. The van der Waals surface area contributed by atoms with Gasteiger partial charge in [0.2, 0.25) is 5.56 Å². The molecule has 3 aromatic heterocycles. The zero-order valence-corrected chi connectivity index (χ0v) is 30.0. The summed E-state index contributed by atoms with van der Waals surface area (Å²) in [6.07, 6.45) is 7.62. The average Bonchev–Trinajstić information content (AvgIpc) is 3.58. The minimum Gasteiger partial charge on any atom is -0.506 e. The molecule has 7 N–H and O–H groups in total. The number of aliphatic hydroxyl groups is 1. The Hall–Kier alpha value is -4.98. The van der Waals surface area contributed by atoms with E-state index in [1.54, 1.807) is 12.1 Å². The van der Waals surface area contributed by atoms with Crippen molar-refractivity contribution >= 4 is 39.3 Å². The molecule has 13 nitrogen and oxygen atoms in total. The van der Waals surface area contributed by atoms with Crippen molar-refractivity contribution in [1.29, 1.82) is 0 Å². The van der Waals surface area contributed by atoms with Crippen molar-refractivity contribution in [2.45, 2.75) is 84.0 Å². The van der Waals surface area contributed by atoms with Gasteiger partial charge in [-0.1, -0.05) is 31.5 Å². The van der Waals surface area contributed by atoms with E-state index in [0.717, 1.165) is 105 Å². The summed E-state index contributed by atoms with van der Waals surface area (Å²) < 4.78 is 7.49. The molecule has 1 aliphatic rings. The number of H-pyrrole nitrogens is 1. The Balaban J connectivity index is 0.947. The molecule has 0 unspecified atom stereocenters. The maximum atomic E-state index is 13.0. The number of aromatic amines is 1. The van der Waals surface area contributed by atoms with E-state index in [0.29, 0.717) is 29.6 Å². The number of carbonyl (C=O) groups excluding carboxylic acids is 1. The Morgan fingerprint density at radius 3 is 2.62 bits per heavy atom. The third-order valence-electron chi connectivity index (χ3n) is 9.74. The zero-order chi connectivity index (χ0) is 36.5. The number of phenols is 1. The van der Waals surface area contributed by atoms with Crippen LogP contribution in [-0.4, -0.2) is 68.3 Å². The van der Waals surface area contributed by atoms with Gasteiger partial charge in [-0.15, -0.1) is 0 Å². The van der Waals surface area contributed by atoms with Gasteiger partial charge in [0.15, 0.2) is 5.65 Å². The molecule has 52 heavy (non-hydrogen) atoms. The van der Waals surface area contributed by atoms with Gasteiger partial charge in [-0.05, 0) is 87.4 Å². The molecule has 0 radical (unpaired) electrons. The van der Waals surface area contributed by atoms with Crippen LogP contribution >= 0.6 is 0 Å². The highest BCUT2D eigenvalue weighted by Gasteiger charge is 2.22. The fourth-order valence-electron chi connectivity index (χ4n) is 6.85. The molecular formula is C39H50N8O5. The Morgan fingerprint density at radius 2 is 1.85 bits per heavy atom. The molecule has 276 valence electrons. The minimum atomic E-state index is -0.772. The third-order valence-corrected chi connectivity index (χ3v) is 9.74. The van der Waals surface area contributed by atoms with Gasteiger partial charge >= 0.3 is 6.03 Å². The first-order valence-electron chi connectivity index (χ1n) is 18.4. The van der Waals surface area contributed by atoms with Gasteiger partial charge in [-0.25, -0.2) is 14.5 Å². The quantitative estimate of drug-likeness (QED) is 0.0651. The summed E-state index contributed by atoms with van der Waals surface area (Å²) in [7, 11) is 0. The summed E-state index contributed by atoms with van der Waals surface area (Å²) in [5.41, 5.74) is 6.39. The first-order chi connectivity index (χ1) is 25.3. The van der Waals surface area contributed by atoms with Gasteiger partial charge in [-0.3, -0.25) is 4.79 Å². The summed E-state index contributed by atoms with van der Waals surface area (Å²) >= 11 is 0. The van der Waals surface area contributed by atoms with E-state index in [-0.39, 0.29) is 23.4 Å². The Kier molecular flexibility index (Phi) is 12.4. The van der Waals surface area contributed by atoms with E-state index in [1.807, 2.05) is 35.1 Å². The number of urea groups is 1. The van der Waals surface area contributed by atoms with Crippen LogP contribution in [0.15, 0.2) is 59.5 Å². The maximum Gasteiger partial charge on any atom is 0.319 e. The van der Waals surface area contributed by atoms with Gasteiger partial charge in [0.05, 0.1) is 28.9 Å². The van der Waals surface area contributed by atoms with Crippen LogP contribution in [0.5, 0.6) is 5.75 Å². The lowest BCUT2D eigenvalue weighted by molar-refractivity contribution is 0.0904. The number of hydrogen-bond acceptors (Lipinski definition) is 9. The molecule has 2 amide bonds. The first-order valence-corrected chi connectivity index (χ1v) is 18.4. The molecule has 0 bridgehead atoms. The summed E-state index contributed by atoms with van der Waals surface area (Å²) in [6, 6.07) is 14.2. The van der Waals surface area contributed by atoms with Crippen LogP contribution in [0, 0.1) is 0 Å². The van der Waals surface area contributed by atoms with Crippen LogP contribution in [0.4, 0.5) is 16.2 Å². The lowest BCUT2D eigenvalue weighted by atomic mass is 10.0. The number of aromatic nitrogens is 4. The second-order valence-electron chi connectivity index (χ2n) is 13.3. The molecule has 0 aliphatic carbocycles. The van der Waals surface area contributed by atoms with Gasteiger partial charge in [0.1, 0.15) is 5.75 Å². The standard InChI is InChI=1S/C39H50N8O5/c1-3-32-30(36(43-27-17-20-52-21-18-27)31-23-42-47(4-2)38(31)45-32)22-41-39(51)44-26-11-9-25(10-12-26)8-6-5-7-19-40-24-34(49)28-13-15-33(48)37-29(28)14-16-35(50)46-37/h9-16,23,27,34,40,48-49H,3-8,17-22,24H2,1-2H3,(H,43,45)(H,46,50)(H2,41,44,51)/t34-/m0/s1. The SMILES string of the molecule is CCc1nc2c(cnn2CC)c(NC2CCOCC2)c1CNC(=O)Nc1ccc(CCCCCNC[C@H](O)c2ccc(O)c3[nH]c(=O)ccc23)cc1. The molecule has 2 aromatic carbocycles. The van der Waals surface area contributed by atoms with Crippen LogP contribution in [-0.2, 0) is 30.7 Å². The lowest BCUT2D eigenvalue weighted by Gasteiger charge is -2.26. The number of anilines is 2. The van der Waals surface area contributed by atoms with Gasteiger partial charge in [0, 0.05) is 67.3 Å². The monoisotopic (exact) mass is 710 g/mol. The molecule has 6 rings (SSSR count). The molecule has 13 heteroatoms. The number of aryl methyl sites for hydroxylation is 3. The van der Waals surface area contributed by atoms with Gasteiger partial charge in [0.25, 0.3) is 0 Å². The number of aliphatic hydroxyl groups excluding tert-OH is 1. The van der Waals surface area contributed by atoms with Crippen LogP contribution in [0.2, 0.25) is 0 Å². The van der Waals surface area contributed by atoms with E-state index in [1.165, 1.54) is 17.7 Å². The number of fused-ring (bicyclic) bond motifs is 2. The number of rotatable bonds is 16. The summed E-state index contributed by atoms with van der Waals surface area (Å²) in [6.45, 7) is 7.80. The molecule has 5 aromatic rings. The Labute approximate surface area is 303 Å². The number of unbranched alkanes of at least 4 members (excludes halogenated alkanes) is 2. The second-order valence-corrected chi connectivity index (χ2v) is 13.3. The minimum absolute atomic E-state index is 0.0223. The zero-order valence-electron chi connectivity index (χ0n) is 30.0. The predicted octanol–water partition coefficient (Wildman–Crippen LogP) is 5.51. The molecule has 1 fully saturated rings. The van der Waals surface area contributed by atoms with E-state index < -0.39 is 6.10 Å². The maximum absolute atomic E-state index is 13.0. The van der Waals surface area contributed by atoms with Crippen molar-refractivity contribution in [2.24, 2.45) is 0 Å². The topological polar surface area (TPSA) is 178 Å². The number of aromatic hydroxyl groups is 1. The number of phenolic OH excluding ortho intramolecular Hbond substituents is 1. The number of pyridine rings is 2. The van der Waals surface area contributed by atoms with E-state index in [4.69, 9.17) is 9.72 Å². The average molecular weight is 711 g/mol. The van der Waals surface area contributed by atoms with Crippen LogP contribution in [0.1, 0.15) is 74.4 Å². The molecule has 1 saturated heterocycles. The van der Waals surface area contributed by atoms with Crippen LogP contribution in [0.25, 0.3) is 21.9 Å².